The number of hydrogen-bond acceptors (Lipinski definition) is 4. The molecule has 0 saturated carbocycles. The smallest absolute Gasteiger partial charge is 0.337 e. The van der Waals surface area contributed by atoms with E-state index in [-0.39, 0.29) is 0 Å². The van der Waals surface area contributed by atoms with Crippen molar-refractivity contribution < 1.29 is 9.90 Å². The Hall–Kier alpha value is -1.62. The first kappa shape index (κ1) is 13.4. The third-order valence-electron chi connectivity index (χ3n) is 4.44. The van der Waals surface area contributed by atoms with E-state index in [1.165, 1.54) is 32.4 Å². The van der Waals surface area contributed by atoms with Crippen molar-refractivity contribution in [1.82, 2.24) is 9.88 Å². The first-order valence-electron chi connectivity index (χ1n) is 7.42. The highest BCUT2D eigenvalue weighted by Gasteiger charge is 2.30. The molecule has 1 aromatic heterocycles. The molecule has 2 saturated heterocycles. The summed E-state index contributed by atoms with van der Waals surface area (Å²) in [4.78, 5) is 20.1. The van der Waals surface area contributed by atoms with Gasteiger partial charge < -0.3 is 10.0 Å². The number of nitrogens with zero attached hydrogens (tertiary/aromatic N) is 3. The summed E-state index contributed by atoms with van der Waals surface area (Å²) >= 11 is 0. The third-order valence-corrected chi connectivity index (χ3v) is 4.44. The molecule has 0 spiro atoms. The molecule has 1 N–H and O–H groups in total. The van der Waals surface area contributed by atoms with E-state index in [0.717, 1.165) is 25.2 Å². The summed E-state index contributed by atoms with van der Waals surface area (Å²) in [7, 11) is 0. The predicted octanol–water partition coefficient (Wildman–Crippen LogP) is 1.84. The number of aromatic nitrogens is 1. The van der Waals surface area contributed by atoms with E-state index in [1.807, 2.05) is 0 Å². The number of piperidine rings is 1. The Balaban J connectivity index is 1.72. The van der Waals surface area contributed by atoms with Gasteiger partial charge in [0, 0.05) is 25.3 Å². The first-order chi connectivity index (χ1) is 9.75. The van der Waals surface area contributed by atoms with Gasteiger partial charge >= 0.3 is 5.97 Å². The van der Waals surface area contributed by atoms with Gasteiger partial charge in [-0.15, -0.1) is 0 Å². The molecule has 5 heteroatoms. The lowest BCUT2D eigenvalue weighted by molar-refractivity contribution is 0.0697. The second kappa shape index (κ2) is 5.79. The van der Waals surface area contributed by atoms with Crippen LogP contribution in [0.5, 0.6) is 0 Å². The van der Waals surface area contributed by atoms with Crippen LogP contribution in [0.1, 0.15) is 36.0 Å². The molecule has 2 aliphatic rings. The number of carboxylic acids is 1. The highest BCUT2D eigenvalue weighted by atomic mass is 16.4. The minimum atomic E-state index is -0.871. The quantitative estimate of drug-likeness (QED) is 0.912. The van der Waals surface area contributed by atoms with Crippen LogP contribution in [0.2, 0.25) is 0 Å². The van der Waals surface area contributed by atoms with Gasteiger partial charge in [-0.25, -0.2) is 4.79 Å². The van der Waals surface area contributed by atoms with Crippen LogP contribution >= 0.6 is 0 Å². The Morgan fingerprint density at radius 2 is 2.05 bits per heavy atom. The van der Waals surface area contributed by atoms with Gasteiger partial charge in [-0.3, -0.25) is 9.88 Å². The zero-order valence-electron chi connectivity index (χ0n) is 11.7. The summed E-state index contributed by atoms with van der Waals surface area (Å²) in [6.07, 6.45) is 8.29. The van der Waals surface area contributed by atoms with Gasteiger partial charge in [0.25, 0.3) is 0 Å². The van der Waals surface area contributed by atoms with Crippen LogP contribution in [0, 0.1) is 0 Å². The standard InChI is InChI=1S/C15H21N3O2/c19-15(20)13-4-6-16-10-14(13)18-9-5-12(11-18)17-7-2-1-3-8-17/h4,6,10,12H,1-3,5,7-9,11H2,(H,19,20). The fraction of sp³-hybridized carbons (Fsp3) is 0.600. The molecule has 0 amide bonds. The van der Waals surface area contributed by atoms with Crippen LogP contribution in [-0.2, 0) is 0 Å². The molecular formula is C15H21N3O2. The van der Waals surface area contributed by atoms with Crippen LogP contribution in [0.4, 0.5) is 5.69 Å². The lowest BCUT2D eigenvalue weighted by Gasteiger charge is -2.32. The van der Waals surface area contributed by atoms with E-state index in [1.54, 1.807) is 18.5 Å². The maximum Gasteiger partial charge on any atom is 0.337 e. The largest absolute Gasteiger partial charge is 0.478 e. The van der Waals surface area contributed by atoms with Gasteiger partial charge in [-0.05, 0) is 38.4 Å². The highest BCUT2D eigenvalue weighted by molar-refractivity contribution is 5.94. The molecule has 0 bridgehead atoms. The summed E-state index contributed by atoms with van der Waals surface area (Å²) in [6.45, 7) is 4.23. The number of carboxylic acid groups (broad SMARTS) is 1. The van der Waals surface area contributed by atoms with Crippen molar-refractivity contribution in [1.29, 1.82) is 0 Å². The summed E-state index contributed by atoms with van der Waals surface area (Å²) in [5.74, 6) is -0.871. The molecule has 0 radical (unpaired) electrons. The second-order valence-electron chi connectivity index (χ2n) is 5.68. The first-order valence-corrected chi connectivity index (χ1v) is 7.42. The molecule has 108 valence electrons. The molecule has 5 nitrogen and oxygen atoms in total. The number of carbonyl (C=O) groups is 1. The topological polar surface area (TPSA) is 56.7 Å². The lowest BCUT2D eigenvalue weighted by Crippen LogP contribution is -2.41. The average Bonchev–Trinajstić information content (AvgIpc) is 2.98. The minimum Gasteiger partial charge on any atom is -0.478 e. The number of rotatable bonds is 3. The fourth-order valence-electron chi connectivity index (χ4n) is 3.36. The molecule has 3 heterocycles. The van der Waals surface area contributed by atoms with E-state index in [2.05, 4.69) is 14.8 Å². The molecule has 1 atom stereocenters. The van der Waals surface area contributed by atoms with E-state index in [4.69, 9.17) is 0 Å². The number of likely N-dealkylation sites (tertiary alicyclic amines) is 1. The minimum absolute atomic E-state index is 0.360. The van der Waals surface area contributed by atoms with E-state index >= 15 is 0 Å². The van der Waals surface area contributed by atoms with E-state index < -0.39 is 5.97 Å². The van der Waals surface area contributed by atoms with Crippen molar-refractivity contribution in [2.24, 2.45) is 0 Å². The lowest BCUT2D eigenvalue weighted by atomic mass is 10.1. The third kappa shape index (κ3) is 2.63. The van der Waals surface area contributed by atoms with Crippen LogP contribution in [0.15, 0.2) is 18.5 Å². The maximum absolute atomic E-state index is 11.3. The Bertz CT molecular complexity index is 486. The number of aromatic carboxylic acids is 1. The van der Waals surface area contributed by atoms with Crippen LogP contribution < -0.4 is 4.90 Å². The molecular weight excluding hydrogens is 254 g/mol. The van der Waals surface area contributed by atoms with Crippen molar-refractivity contribution in [3.63, 3.8) is 0 Å². The van der Waals surface area contributed by atoms with Crippen molar-refractivity contribution in [2.45, 2.75) is 31.7 Å². The SMILES string of the molecule is O=C(O)c1ccncc1N1CCC(N2CCCCC2)C1. The summed E-state index contributed by atoms with van der Waals surface area (Å²) < 4.78 is 0. The maximum atomic E-state index is 11.3. The Morgan fingerprint density at radius 1 is 1.25 bits per heavy atom. The van der Waals surface area contributed by atoms with Gasteiger partial charge in [-0.2, -0.15) is 0 Å². The molecule has 2 fully saturated rings. The van der Waals surface area contributed by atoms with Crippen molar-refractivity contribution in [3.8, 4) is 0 Å². The Morgan fingerprint density at radius 3 is 2.80 bits per heavy atom. The van der Waals surface area contributed by atoms with E-state index in [9.17, 15) is 9.90 Å². The van der Waals surface area contributed by atoms with Gasteiger partial charge in [-0.1, -0.05) is 6.42 Å². The highest BCUT2D eigenvalue weighted by Crippen LogP contribution is 2.27. The second-order valence-corrected chi connectivity index (χ2v) is 5.68. The summed E-state index contributed by atoms with van der Waals surface area (Å²) in [6, 6.07) is 2.16. The molecule has 3 rings (SSSR count). The van der Waals surface area contributed by atoms with Crippen LogP contribution in [0.25, 0.3) is 0 Å². The molecule has 1 aromatic rings. The zero-order chi connectivity index (χ0) is 13.9. The zero-order valence-corrected chi connectivity index (χ0v) is 11.7. The fourth-order valence-corrected chi connectivity index (χ4v) is 3.36. The Kier molecular flexibility index (Phi) is 3.87. The average molecular weight is 275 g/mol. The summed E-state index contributed by atoms with van der Waals surface area (Å²) in [5, 5.41) is 9.28. The Labute approximate surface area is 119 Å². The molecule has 0 aliphatic carbocycles. The predicted molar refractivity (Wildman–Crippen MR) is 77.2 cm³/mol. The normalized spacial score (nSPS) is 24.0. The van der Waals surface area contributed by atoms with Gasteiger partial charge in [0.2, 0.25) is 0 Å². The van der Waals surface area contributed by atoms with E-state index in [0.29, 0.717) is 11.6 Å². The van der Waals surface area contributed by atoms with Crippen molar-refractivity contribution in [2.75, 3.05) is 31.1 Å². The van der Waals surface area contributed by atoms with Gasteiger partial charge in [0.05, 0.1) is 17.4 Å². The number of pyridine rings is 1. The van der Waals surface area contributed by atoms with Crippen LogP contribution in [0.3, 0.4) is 0 Å². The molecule has 20 heavy (non-hydrogen) atoms. The van der Waals surface area contributed by atoms with Crippen molar-refractivity contribution in [3.05, 3.63) is 24.0 Å². The molecule has 2 aliphatic heterocycles. The van der Waals surface area contributed by atoms with Gasteiger partial charge in [0.1, 0.15) is 0 Å². The van der Waals surface area contributed by atoms with Crippen molar-refractivity contribution >= 4 is 11.7 Å². The van der Waals surface area contributed by atoms with Gasteiger partial charge in [0.15, 0.2) is 0 Å². The monoisotopic (exact) mass is 275 g/mol. The molecule has 1 unspecified atom stereocenters. The van der Waals surface area contributed by atoms with Crippen LogP contribution in [-0.4, -0.2) is 53.2 Å². The summed E-state index contributed by atoms with van der Waals surface area (Å²) in [5.41, 5.74) is 1.12. The number of anilines is 1. The number of hydrogen-bond donors (Lipinski definition) is 1. The molecule has 0 aromatic carbocycles.